The lowest BCUT2D eigenvalue weighted by atomic mass is 9.91. The fraction of sp³-hybridized carbons (Fsp3) is 0.429. The van der Waals surface area contributed by atoms with Crippen molar-refractivity contribution in [3.8, 4) is 0 Å². The molecular weight excluding hydrogens is 330 g/mol. The zero-order chi connectivity index (χ0) is 18.4. The Morgan fingerprint density at radius 1 is 1.12 bits per heavy atom. The van der Waals surface area contributed by atoms with Crippen LogP contribution in [0.3, 0.4) is 0 Å². The van der Waals surface area contributed by atoms with Crippen LogP contribution < -0.4 is 0 Å². The lowest BCUT2D eigenvalue weighted by Gasteiger charge is -2.27. The summed E-state index contributed by atoms with van der Waals surface area (Å²) in [6, 6.07) is 14.2. The molecule has 1 aliphatic rings. The molecule has 1 heterocycles. The van der Waals surface area contributed by atoms with Gasteiger partial charge in [-0.2, -0.15) is 0 Å². The van der Waals surface area contributed by atoms with Crippen LogP contribution in [-0.2, 0) is 25.5 Å². The number of methoxy groups -OCH3 is 1. The van der Waals surface area contributed by atoms with Crippen LogP contribution in [0.2, 0.25) is 0 Å². The molecule has 1 saturated heterocycles. The van der Waals surface area contributed by atoms with Gasteiger partial charge < -0.3 is 14.4 Å². The van der Waals surface area contributed by atoms with Crippen LogP contribution in [0.25, 0.3) is 10.8 Å². The predicted molar refractivity (Wildman–Crippen MR) is 99.8 cm³/mol. The second-order valence-electron chi connectivity index (χ2n) is 6.59. The van der Waals surface area contributed by atoms with Crippen molar-refractivity contribution < 1.29 is 19.1 Å². The summed E-state index contributed by atoms with van der Waals surface area (Å²) in [5, 5.41) is 2.29. The van der Waals surface area contributed by atoms with Crippen LogP contribution in [-0.4, -0.2) is 50.2 Å². The summed E-state index contributed by atoms with van der Waals surface area (Å²) in [4.78, 5) is 26.5. The first kappa shape index (κ1) is 18.4. The predicted octanol–water partition coefficient (Wildman–Crippen LogP) is 2.81. The van der Waals surface area contributed by atoms with E-state index in [2.05, 4.69) is 18.2 Å². The smallest absolute Gasteiger partial charge is 0.309 e. The maximum atomic E-state index is 12.4. The molecule has 5 heteroatoms. The number of esters is 1. The molecule has 2 aromatic carbocycles. The number of hydrogen-bond donors (Lipinski definition) is 0. The average Bonchev–Trinajstić information content (AvgIpc) is 2.71. The minimum Gasteiger partial charge on any atom is -0.469 e. The highest BCUT2D eigenvalue weighted by Gasteiger charge is 2.24. The number of hydrogen-bond acceptors (Lipinski definition) is 4. The van der Waals surface area contributed by atoms with E-state index in [-0.39, 0.29) is 17.8 Å². The van der Waals surface area contributed by atoms with E-state index in [1.54, 1.807) is 0 Å². The van der Waals surface area contributed by atoms with Crippen LogP contribution in [0.15, 0.2) is 42.5 Å². The first-order valence-electron chi connectivity index (χ1n) is 9.09. The molecule has 0 bridgehead atoms. The third-order valence-corrected chi connectivity index (χ3v) is 4.95. The lowest BCUT2D eigenvalue weighted by Crippen LogP contribution is -2.40. The lowest BCUT2D eigenvalue weighted by molar-refractivity contribution is -0.146. The van der Waals surface area contributed by atoms with Gasteiger partial charge >= 0.3 is 5.97 Å². The topological polar surface area (TPSA) is 55.8 Å². The number of nitrogens with zero attached hydrogens (tertiary/aromatic N) is 1. The number of carbonyl (C=O) groups is 2. The van der Waals surface area contributed by atoms with Crippen molar-refractivity contribution in [1.82, 2.24) is 4.90 Å². The van der Waals surface area contributed by atoms with Crippen molar-refractivity contribution in [2.24, 2.45) is 5.92 Å². The molecule has 0 aromatic heterocycles. The minimum absolute atomic E-state index is 0.0834. The van der Waals surface area contributed by atoms with Crippen LogP contribution in [0.5, 0.6) is 0 Å². The fourth-order valence-corrected chi connectivity index (χ4v) is 3.47. The van der Waals surface area contributed by atoms with Gasteiger partial charge in [0.15, 0.2) is 0 Å². The van der Waals surface area contributed by atoms with Gasteiger partial charge in [0.05, 0.1) is 26.2 Å². The van der Waals surface area contributed by atoms with Gasteiger partial charge in [0.1, 0.15) is 0 Å². The molecule has 1 atom stereocenters. The molecule has 0 saturated carbocycles. The zero-order valence-corrected chi connectivity index (χ0v) is 15.1. The van der Waals surface area contributed by atoms with Crippen molar-refractivity contribution in [2.45, 2.75) is 19.3 Å². The van der Waals surface area contributed by atoms with Crippen molar-refractivity contribution in [2.75, 3.05) is 33.4 Å². The quantitative estimate of drug-likeness (QED) is 0.748. The number of benzene rings is 2. The molecule has 1 amide bonds. The van der Waals surface area contributed by atoms with E-state index in [1.165, 1.54) is 7.11 Å². The SMILES string of the molecule is COC(=O)C(CCC(=O)N1CCOCC1)Cc1cccc2ccccc12. The molecule has 1 fully saturated rings. The molecule has 0 spiro atoms. The Hall–Kier alpha value is -2.40. The molecule has 5 nitrogen and oxygen atoms in total. The molecular formula is C21H25NO4. The van der Waals surface area contributed by atoms with Gasteiger partial charge in [0.25, 0.3) is 0 Å². The van der Waals surface area contributed by atoms with E-state index >= 15 is 0 Å². The molecule has 0 N–H and O–H groups in total. The molecule has 0 aliphatic carbocycles. The van der Waals surface area contributed by atoms with Gasteiger partial charge in [-0.05, 0) is 29.2 Å². The van der Waals surface area contributed by atoms with E-state index in [4.69, 9.17) is 9.47 Å². The van der Waals surface area contributed by atoms with Crippen LogP contribution >= 0.6 is 0 Å². The van der Waals surface area contributed by atoms with Crippen molar-refractivity contribution >= 4 is 22.6 Å². The molecule has 26 heavy (non-hydrogen) atoms. The maximum Gasteiger partial charge on any atom is 0.309 e. The first-order chi connectivity index (χ1) is 12.7. The van der Waals surface area contributed by atoms with Gasteiger partial charge in [-0.25, -0.2) is 0 Å². The van der Waals surface area contributed by atoms with Gasteiger partial charge in [-0.1, -0.05) is 42.5 Å². The average molecular weight is 355 g/mol. The van der Waals surface area contributed by atoms with Crippen LogP contribution in [0.4, 0.5) is 0 Å². The Morgan fingerprint density at radius 3 is 2.62 bits per heavy atom. The highest BCUT2D eigenvalue weighted by Crippen LogP contribution is 2.24. The van der Waals surface area contributed by atoms with Gasteiger partial charge in [-0.15, -0.1) is 0 Å². The molecule has 1 unspecified atom stereocenters. The van der Waals surface area contributed by atoms with E-state index in [1.807, 2.05) is 29.2 Å². The van der Waals surface area contributed by atoms with Crippen LogP contribution in [0.1, 0.15) is 18.4 Å². The van der Waals surface area contributed by atoms with Crippen molar-refractivity contribution in [3.05, 3.63) is 48.0 Å². The third-order valence-electron chi connectivity index (χ3n) is 4.95. The van der Waals surface area contributed by atoms with Gasteiger partial charge in [0, 0.05) is 19.5 Å². The third kappa shape index (κ3) is 4.41. The van der Waals surface area contributed by atoms with E-state index in [0.29, 0.717) is 45.6 Å². The number of amides is 1. The summed E-state index contributed by atoms with van der Waals surface area (Å²) in [5.74, 6) is -0.497. The van der Waals surface area contributed by atoms with Gasteiger partial charge in [0.2, 0.25) is 5.91 Å². The van der Waals surface area contributed by atoms with E-state index < -0.39 is 0 Å². The van der Waals surface area contributed by atoms with Crippen molar-refractivity contribution in [3.63, 3.8) is 0 Å². The summed E-state index contributed by atoms with van der Waals surface area (Å²) >= 11 is 0. The molecule has 1 aliphatic heterocycles. The monoisotopic (exact) mass is 355 g/mol. The highest BCUT2D eigenvalue weighted by molar-refractivity contribution is 5.86. The largest absolute Gasteiger partial charge is 0.469 e. The summed E-state index contributed by atoms with van der Waals surface area (Å²) < 4.78 is 10.3. The Kier molecular flexibility index (Phi) is 6.23. The number of rotatable bonds is 6. The number of fused-ring (bicyclic) bond motifs is 1. The Bertz CT molecular complexity index is 762. The molecule has 2 aromatic rings. The fourth-order valence-electron chi connectivity index (χ4n) is 3.47. The summed E-state index contributed by atoms with van der Waals surface area (Å²) in [6.07, 6.45) is 1.42. The van der Waals surface area contributed by atoms with Crippen LogP contribution in [0, 0.1) is 5.92 Å². The Labute approximate surface area is 153 Å². The Balaban J connectivity index is 1.69. The number of morpholine rings is 1. The second-order valence-corrected chi connectivity index (χ2v) is 6.59. The maximum absolute atomic E-state index is 12.4. The van der Waals surface area contributed by atoms with Crippen molar-refractivity contribution in [1.29, 1.82) is 0 Å². The summed E-state index contributed by atoms with van der Waals surface area (Å²) in [7, 11) is 1.40. The molecule has 138 valence electrons. The number of ether oxygens (including phenoxy) is 2. The minimum atomic E-state index is -0.323. The number of carbonyl (C=O) groups excluding carboxylic acids is 2. The van der Waals surface area contributed by atoms with E-state index in [9.17, 15) is 9.59 Å². The molecule has 0 radical (unpaired) electrons. The van der Waals surface area contributed by atoms with E-state index in [0.717, 1.165) is 16.3 Å². The standard InChI is InChI=1S/C21H25NO4/c1-25-21(24)18(9-10-20(23)22-11-13-26-14-12-22)15-17-7-4-6-16-5-2-3-8-19(16)17/h2-8,18H,9-15H2,1H3. The summed E-state index contributed by atoms with van der Waals surface area (Å²) in [5.41, 5.74) is 1.11. The first-order valence-corrected chi connectivity index (χ1v) is 9.09. The molecule has 3 rings (SSSR count). The summed E-state index contributed by atoms with van der Waals surface area (Å²) in [6.45, 7) is 2.43. The zero-order valence-electron chi connectivity index (χ0n) is 15.1. The highest BCUT2D eigenvalue weighted by atomic mass is 16.5. The normalized spacial score (nSPS) is 15.7. The van der Waals surface area contributed by atoms with Gasteiger partial charge in [-0.3, -0.25) is 9.59 Å². The Morgan fingerprint density at radius 2 is 1.85 bits per heavy atom. The second kappa shape index (κ2) is 8.81.